The Kier molecular flexibility index (Phi) is 7.39. The van der Waals surface area contributed by atoms with Gasteiger partial charge in [-0.25, -0.2) is 4.79 Å². The molecule has 31 heavy (non-hydrogen) atoms. The molecule has 0 bridgehead atoms. The Balaban J connectivity index is 1.56. The monoisotopic (exact) mass is 440 g/mol. The largest absolute Gasteiger partial charge is 0.465 e. The summed E-state index contributed by atoms with van der Waals surface area (Å²) in [5.74, 6) is 1.13. The number of hydrogen-bond donors (Lipinski definition) is 1. The number of rotatable bonds is 7. The van der Waals surface area contributed by atoms with Gasteiger partial charge in [-0.1, -0.05) is 74.0 Å². The van der Waals surface area contributed by atoms with Gasteiger partial charge in [-0.3, -0.25) is 0 Å². The topological polar surface area (TPSA) is 43.8 Å². The molecule has 0 aromatic heterocycles. The summed E-state index contributed by atoms with van der Waals surface area (Å²) >= 11 is 6.11. The lowest BCUT2D eigenvalue weighted by Gasteiger charge is -2.31. The van der Waals surface area contributed by atoms with Crippen LogP contribution in [0.25, 0.3) is 0 Å². The van der Waals surface area contributed by atoms with Crippen LogP contribution in [-0.2, 0) is 13.0 Å². The predicted molar refractivity (Wildman–Crippen MR) is 127 cm³/mol. The number of anilines is 1. The number of nitrogens with zero attached hydrogens (tertiary/aromatic N) is 2. The molecule has 1 heterocycles. The fraction of sp³-hybridized carbons (Fsp3) is 0.500. The first-order valence-electron chi connectivity index (χ1n) is 11.6. The molecule has 1 amide bonds. The minimum absolute atomic E-state index is 0.353. The summed E-state index contributed by atoms with van der Waals surface area (Å²) < 4.78 is 0. The average Bonchev–Trinajstić information content (AvgIpc) is 3.25. The molecule has 2 aliphatic rings. The van der Waals surface area contributed by atoms with Crippen molar-refractivity contribution in [3.63, 3.8) is 0 Å². The van der Waals surface area contributed by atoms with Crippen molar-refractivity contribution in [1.82, 2.24) is 4.90 Å². The third-order valence-electron chi connectivity index (χ3n) is 6.89. The lowest BCUT2D eigenvalue weighted by Crippen LogP contribution is -2.33. The van der Waals surface area contributed by atoms with E-state index in [2.05, 4.69) is 41.3 Å². The number of para-hydroxylation sites is 1. The second-order valence-electron chi connectivity index (χ2n) is 9.23. The Hall–Kier alpha value is -2.20. The molecule has 2 aromatic rings. The first-order valence-corrected chi connectivity index (χ1v) is 12.0. The van der Waals surface area contributed by atoms with Crippen LogP contribution in [-0.4, -0.2) is 35.7 Å². The van der Waals surface area contributed by atoms with Crippen LogP contribution in [0.1, 0.15) is 49.7 Å². The van der Waals surface area contributed by atoms with Crippen molar-refractivity contribution < 1.29 is 9.90 Å². The van der Waals surface area contributed by atoms with Gasteiger partial charge in [0, 0.05) is 36.9 Å². The van der Waals surface area contributed by atoms with E-state index in [9.17, 15) is 9.90 Å². The van der Waals surface area contributed by atoms with E-state index >= 15 is 0 Å². The fourth-order valence-corrected chi connectivity index (χ4v) is 5.35. The highest BCUT2D eigenvalue weighted by atomic mass is 35.5. The molecule has 1 saturated heterocycles. The highest BCUT2D eigenvalue weighted by Gasteiger charge is 2.28. The van der Waals surface area contributed by atoms with Crippen molar-refractivity contribution in [2.45, 2.75) is 51.5 Å². The van der Waals surface area contributed by atoms with Crippen LogP contribution in [0.4, 0.5) is 10.5 Å². The third kappa shape index (κ3) is 5.94. The molecule has 1 saturated carbocycles. The predicted octanol–water partition coefficient (Wildman–Crippen LogP) is 6.47. The van der Waals surface area contributed by atoms with E-state index in [1.54, 1.807) is 4.90 Å². The molecular formula is C26H33ClN2O2. The number of carboxylic acid groups (broad SMARTS) is 1. The zero-order valence-electron chi connectivity index (χ0n) is 18.2. The van der Waals surface area contributed by atoms with Crippen LogP contribution in [0.3, 0.4) is 0 Å². The van der Waals surface area contributed by atoms with Crippen molar-refractivity contribution in [3.8, 4) is 0 Å². The van der Waals surface area contributed by atoms with Gasteiger partial charge in [0.25, 0.3) is 0 Å². The quantitative estimate of drug-likeness (QED) is 0.536. The lowest BCUT2D eigenvalue weighted by atomic mass is 9.84. The van der Waals surface area contributed by atoms with Gasteiger partial charge in [0.15, 0.2) is 0 Å². The van der Waals surface area contributed by atoms with Gasteiger partial charge >= 0.3 is 6.09 Å². The summed E-state index contributed by atoms with van der Waals surface area (Å²) in [5, 5.41) is 10.1. The van der Waals surface area contributed by atoms with Gasteiger partial charge < -0.3 is 14.9 Å². The maximum atomic E-state index is 11.4. The van der Waals surface area contributed by atoms with Gasteiger partial charge in [0.05, 0.1) is 0 Å². The van der Waals surface area contributed by atoms with Crippen molar-refractivity contribution in [2.75, 3.05) is 24.5 Å². The molecule has 4 rings (SSSR count). The molecule has 4 nitrogen and oxygen atoms in total. The van der Waals surface area contributed by atoms with Gasteiger partial charge in [-0.15, -0.1) is 0 Å². The van der Waals surface area contributed by atoms with E-state index in [4.69, 9.17) is 11.6 Å². The molecule has 1 atom stereocenters. The zero-order chi connectivity index (χ0) is 21.6. The summed E-state index contributed by atoms with van der Waals surface area (Å²) in [5.41, 5.74) is 3.96. The highest BCUT2D eigenvalue weighted by Crippen LogP contribution is 2.32. The van der Waals surface area contributed by atoms with Crippen LogP contribution < -0.4 is 4.90 Å². The second kappa shape index (κ2) is 10.4. The van der Waals surface area contributed by atoms with E-state index in [-0.39, 0.29) is 0 Å². The van der Waals surface area contributed by atoms with E-state index in [0.29, 0.717) is 19.0 Å². The third-order valence-corrected chi connectivity index (χ3v) is 7.14. The molecule has 0 spiro atoms. The molecule has 2 aromatic carbocycles. The van der Waals surface area contributed by atoms with Crippen LogP contribution in [0.2, 0.25) is 5.02 Å². The minimum Gasteiger partial charge on any atom is -0.465 e. The first-order chi connectivity index (χ1) is 15.1. The van der Waals surface area contributed by atoms with Crippen molar-refractivity contribution in [1.29, 1.82) is 0 Å². The van der Waals surface area contributed by atoms with Crippen LogP contribution in [0.5, 0.6) is 0 Å². The van der Waals surface area contributed by atoms with Gasteiger partial charge in [-0.05, 0) is 54.0 Å². The molecule has 0 radical (unpaired) electrons. The Morgan fingerprint density at radius 3 is 2.45 bits per heavy atom. The number of benzene rings is 2. The Morgan fingerprint density at radius 2 is 1.74 bits per heavy atom. The normalized spacial score (nSPS) is 19.5. The summed E-state index contributed by atoms with van der Waals surface area (Å²) in [6, 6.07) is 16.9. The van der Waals surface area contributed by atoms with Crippen molar-refractivity contribution in [3.05, 3.63) is 64.7 Å². The Morgan fingerprint density at radius 1 is 1.00 bits per heavy atom. The number of amides is 1. The van der Waals surface area contributed by atoms with Crippen LogP contribution in [0.15, 0.2) is 48.5 Å². The molecule has 1 aliphatic carbocycles. The molecule has 5 heteroatoms. The van der Waals surface area contributed by atoms with Gasteiger partial charge in [0.1, 0.15) is 0 Å². The summed E-state index contributed by atoms with van der Waals surface area (Å²) in [6.07, 6.45) is 8.02. The summed E-state index contributed by atoms with van der Waals surface area (Å²) in [7, 11) is 0. The van der Waals surface area contributed by atoms with Crippen molar-refractivity contribution in [2.24, 2.45) is 11.8 Å². The lowest BCUT2D eigenvalue weighted by molar-refractivity contribution is 0.154. The molecular weight excluding hydrogens is 408 g/mol. The molecule has 2 fully saturated rings. The zero-order valence-corrected chi connectivity index (χ0v) is 18.9. The Labute approximate surface area is 190 Å². The van der Waals surface area contributed by atoms with Gasteiger partial charge in [-0.2, -0.15) is 0 Å². The summed E-state index contributed by atoms with van der Waals surface area (Å²) in [4.78, 5) is 15.4. The van der Waals surface area contributed by atoms with Gasteiger partial charge in [0.2, 0.25) is 0 Å². The van der Waals surface area contributed by atoms with Crippen molar-refractivity contribution >= 4 is 23.4 Å². The highest BCUT2D eigenvalue weighted by molar-refractivity contribution is 6.30. The maximum Gasteiger partial charge on any atom is 0.407 e. The summed E-state index contributed by atoms with van der Waals surface area (Å²) in [6.45, 7) is 2.94. The SMILES string of the molecule is O=C(O)N1CCC(CN(Cc2ccc(Cl)cc2)c2ccccc2CC2CCCCC2)C1. The second-order valence-corrected chi connectivity index (χ2v) is 9.66. The molecule has 166 valence electrons. The number of halogens is 1. The van der Waals surface area contributed by atoms with Crippen LogP contribution >= 0.6 is 11.6 Å². The first kappa shape index (κ1) is 22.0. The van der Waals surface area contributed by atoms with E-state index in [0.717, 1.165) is 36.9 Å². The van der Waals surface area contributed by atoms with Crippen LogP contribution in [0, 0.1) is 11.8 Å². The molecule has 1 unspecified atom stereocenters. The fourth-order valence-electron chi connectivity index (χ4n) is 5.22. The van der Waals surface area contributed by atoms with E-state index < -0.39 is 6.09 Å². The number of carbonyl (C=O) groups is 1. The number of likely N-dealkylation sites (tertiary alicyclic amines) is 1. The minimum atomic E-state index is -0.801. The molecule has 1 aliphatic heterocycles. The number of hydrogen-bond acceptors (Lipinski definition) is 2. The smallest absolute Gasteiger partial charge is 0.407 e. The standard InChI is InChI=1S/C26H33ClN2O2/c27-24-12-10-21(11-13-24)17-29(19-22-14-15-28(18-22)26(30)31)25-9-5-4-8-23(25)16-20-6-2-1-3-7-20/h4-5,8-13,20,22H,1-3,6-7,14-19H2,(H,30,31). The molecule has 1 N–H and O–H groups in total. The Bertz CT molecular complexity index is 864. The maximum absolute atomic E-state index is 11.4. The average molecular weight is 441 g/mol. The van der Waals surface area contributed by atoms with E-state index in [1.807, 2.05) is 12.1 Å². The van der Waals surface area contributed by atoms with E-state index in [1.165, 1.54) is 48.9 Å².